The molecule has 2 heterocycles. The van der Waals surface area contributed by atoms with Crippen LogP contribution >= 0.6 is 0 Å². The first-order valence-corrected chi connectivity index (χ1v) is 7.34. The van der Waals surface area contributed by atoms with E-state index in [1.54, 1.807) is 0 Å². The molecule has 1 saturated carbocycles. The molecule has 2 aromatic rings. The molecule has 102 valence electrons. The van der Waals surface area contributed by atoms with E-state index in [0.29, 0.717) is 6.04 Å². The number of fused-ring (bicyclic) bond motifs is 1. The standard InChI is InChI=1S/C15H22N4/c1-3-12-6-8-13(9-7-12)16-15-17-14-11(2)5-4-10-19(14)18-15/h4-5,10,12-13H,3,6-9H2,1-2H3,(H,16,18). The van der Waals surface area contributed by atoms with Crippen molar-refractivity contribution in [2.24, 2.45) is 5.92 Å². The topological polar surface area (TPSA) is 42.2 Å². The van der Waals surface area contributed by atoms with Crippen LogP contribution in [-0.4, -0.2) is 20.6 Å². The minimum atomic E-state index is 0.542. The van der Waals surface area contributed by atoms with Crippen molar-refractivity contribution in [3.63, 3.8) is 0 Å². The summed E-state index contributed by atoms with van der Waals surface area (Å²) in [4.78, 5) is 4.59. The summed E-state index contributed by atoms with van der Waals surface area (Å²) in [6.07, 6.45) is 8.42. The summed E-state index contributed by atoms with van der Waals surface area (Å²) in [6.45, 7) is 4.37. The smallest absolute Gasteiger partial charge is 0.243 e. The van der Waals surface area contributed by atoms with Crippen LogP contribution in [0.5, 0.6) is 0 Å². The molecular weight excluding hydrogens is 236 g/mol. The van der Waals surface area contributed by atoms with Crippen LogP contribution in [0.15, 0.2) is 18.3 Å². The van der Waals surface area contributed by atoms with Gasteiger partial charge in [0.2, 0.25) is 5.95 Å². The summed E-state index contributed by atoms with van der Waals surface area (Å²) >= 11 is 0. The van der Waals surface area contributed by atoms with E-state index in [0.717, 1.165) is 23.1 Å². The molecule has 0 spiro atoms. The molecule has 0 unspecified atom stereocenters. The van der Waals surface area contributed by atoms with Crippen molar-refractivity contribution in [1.82, 2.24) is 14.6 Å². The lowest BCUT2D eigenvalue weighted by atomic mass is 9.85. The zero-order valence-electron chi connectivity index (χ0n) is 11.8. The number of aromatic nitrogens is 3. The first-order valence-electron chi connectivity index (χ1n) is 7.34. The van der Waals surface area contributed by atoms with Crippen molar-refractivity contribution >= 4 is 11.6 Å². The van der Waals surface area contributed by atoms with Gasteiger partial charge >= 0.3 is 0 Å². The zero-order chi connectivity index (χ0) is 13.2. The number of hydrogen-bond donors (Lipinski definition) is 1. The van der Waals surface area contributed by atoms with Crippen molar-refractivity contribution in [2.45, 2.75) is 52.0 Å². The van der Waals surface area contributed by atoms with Crippen LogP contribution in [0, 0.1) is 12.8 Å². The number of anilines is 1. The molecule has 3 rings (SSSR count). The van der Waals surface area contributed by atoms with E-state index in [1.807, 2.05) is 16.8 Å². The van der Waals surface area contributed by atoms with Gasteiger partial charge in [-0.1, -0.05) is 19.4 Å². The molecule has 0 atom stereocenters. The molecule has 1 aliphatic rings. The molecule has 0 amide bonds. The first kappa shape index (κ1) is 12.5. The molecule has 0 radical (unpaired) electrons. The van der Waals surface area contributed by atoms with Crippen molar-refractivity contribution in [3.8, 4) is 0 Å². The van der Waals surface area contributed by atoms with E-state index in [4.69, 9.17) is 0 Å². The summed E-state index contributed by atoms with van der Waals surface area (Å²) < 4.78 is 1.86. The molecule has 1 aliphatic carbocycles. The highest BCUT2D eigenvalue weighted by atomic mass is 15.3. The van der Waals surface area contributed by atoms with Gasteiger partial charge in [0.25, 0.3) is 0 Å². The second-order valence-electron chi connectivity index (χ2n) is 5.67. The average Bonchev–Trinajstić information content (AvgIpc) is 2.84. The molecule has 1 N–H and O–H groups in total. The van der Waals surface area contributed by atoms with Crippen molar-refractivity contribution < 1.29 is 0 Å². The van der Waals surface area contributed by atoms with E-state index in [2.05, 4.69) is 35.3 Å². The molecule has 0 aromatic carbocycles. The average molecular weight is 258 g/mol. The third-order valence-electron chi connectivity index (χ3n) is 4.31. The highest BCUT2D eigenvalue weighted by molar-refractivity contribution is 5.49. The highest BCUT2D eigenvalue weighted by Gasteiger charge is 2.20. The quantitative estimate of drug-likeness (QED) is 0.917. The number of aryl methyl sites for hydroxylation is 1. The SMILES string of the molecule is CCC1CCC(Nc2nc3c(C)cccn3n2)CC1. The van der Waals surface area contributed by atoms with E-state index >= 15 is 0 Å². The van der Waals surface area contributed by atoms with Gasteiger partial charge < -0.3 is 5.32 Å². The Hall–Kier alpha value is -1.58. The molecule has 4 heteroatoms. The molecule has 0 aliphatic heterocycles. The van der Waals surface area contributed by atoms with E-state index in [9.17, 15) is 0 Å². The Labute approximate surface area is 114 Å². The number of nitrogens with one attached hydrogen (secondary N) is 1. The zero-order valence-corrected chi connectivity index (χ0v) is 11.8. The fourth-order valence-electron chi connectivity index (χ4n) is 3.00. The van der Waals surface area contributed by atoms with Gasteiger partial charge in [-0.05, 0) is 50.2 Å². The molecule has 19 heavy (non-hydrogen) atoms. The monoisotopic (exact) mass is 258 g/mol. The lowest BCUT2D eigenvalue weighted by molar-refractivity contribution is 0.329. The van der Waals surface area contributed by atoms with Gasteiger partial charge in [0, 0.05) is 12.2 Å². The molecule has 2 aromatic heterocycles. The van der Waals surface area contributed by atoms with E-state index in [1.165, 1.54) is 32.1 Å². The predicted octanol–water partition coefficient (Wildman–Crippen LogP) is 3.42. The third-order valence-corrected chi connectivity index (χ3v) is 4.31. The Morgan fingerprint density at radius 3 is 2.79 bits per heavy atom. The van der Waals surface area contributed by atoms with Gasteiger partial charge in [-0.25, -0.2) is 4.52 Å². The lowest BCUT2D eigenvalue weighted by Crippen LogP contribution is -2.26. The molecule has 0 bridgehead atoms. The maximum absolute atomic E-state index is 4.59. The van der Waals surface area contributed by atoms with Crippen LogP contribution < -0.4 is 5.32 Å². The van der Waals surface area contributed by atoms with Crippen LogP contribution in [-0.2, 0) is 0 Å². The van der Waals surface area contributed by atoms with Crippen LogP contribution in [0.25, 0.3) is 5.65 Å². The Balaban J connectivity index is 1.70. The van der Waals surface area contributed by atoms with Crippen molar-refractivity contribution in [2.75, 3.05) is 5.32 Å². The number of rotatable bonds is 3. The Kier molecular flexibility index (Phi) is 3.40. The molecule has 0 saturated heterocycles. The second kappa shape index (κ2) is 5.19. The maximum atomic E-state index is 4.59. The van der Waals surface area contributed by atoms with Crippen LogP contribution in [0.3, 0.4) is 0 Å². The molecular formula is C15H22N4. The van der Waals surface area contributed by atoms with Gasteiger partial charge in [-0.15, -0.1) is 5.10 Å². The summed E-state index contributed by atoms with van der Waals surface area (Å²) in [5.41, 5.74) is 2.12. The first-order chi connectivity index (χ1) is 9.26. The Morgan fingerprint density at radius 2 is 2.11 bits per heavy atom. The fraction of sp³-hybridized carbons (Fsp3) is 0.600. The normalized spacial score (nSPS) is 23.7. The van der Waals surface area contributed by atoms with E-state index in [-0.39, 0.29) is 0 Å². The maximum Gasteiger partial charge on any atom is 0.243 e. The third kappa shape index (κ3) is 2.57. The number of hydrogen-bond acceptors (Lipinski definition) is 3. The van der Waals surface area contributed by atoms with Gasteiger partial charge in [-0.2, -0.15) is 4.98 Å². The predicted molar refractivity (Wildman–Crippen MR) is 77.4 cm³/mol. The van der Waals surface area contributed by atoms with Gasteiger partial charge in [-0.3, -0.25) is 0 Å². The van der Waals surface area contributed by atoms with Crippen LogP contribution in [0.1, 0.15) is 44.6 Å². The van der Waals surface area contributed by atoms with Crippen LogP contribution in [0.2, 0.25) is 0 Å². The second-order valence-corrected chi connectivity index (χ2v) is 5.67. The Morgan fingerprint density at radius 1 is 1.32 bits per heavy atom. The Bertz CT molecular complexity index is 552. The minimum absolute atomic E-state index is 0.542. The number of pyridine rings is 1. The summed E-state index contributed by atoms with van der Waals surface area (Å²) in [5, 5.41) is 8.00. The molecule has 1 fully saturated rings. The van der Waals surface area contributed by atoms with E-state index < -0.39 is 0 Å². The highest BCUT2D eigenvalue weighted by Crippen LogP contribution is 2.28. The largest absolute Gasteiger partial charge is 0.350 e. The summed E-state index contributed by atoms with van der Waals surface area (Å²) in [7, 11) is 0. The molecule has 4 nitrogen and oxygen atoms in total. The van der Waals surface area contributed by atoms with Gasteiger partial charge in [0.15, 0.2) is 5.65 Å². The van der Waals surface area contributed by atoms with Crippen LogP contribution in [0.4, 0.5) is 5.95 Å². The fourth-order valence-corrected chi connectivity index (χ4v) is 3.00. The van der Waals surface area contributed by atoms with Crippen molar-refractivity contribution in [3.05, 3.63) is 23.9 Å². The summed E-state index contributed by atoms with van der Waals surface area (Å²) in [5.74, 6) is 1.70. The van der Waals surface area contributed by atoms with Gasteiger partial charge in [0.05, 0.1) is 0 Å². The van der Waals surface area contributed by atoms with Crippen molar-refractivity contribution in [1.29, 1.82) is 0 Å². The minimum Gasteiger partial charge on any atom is -0.350 e. The lowest BCUT2D eigenvalue weighted by Gasteiger charge is -2.27. The number of nitrogens with zero attached hydrogens (tertiary/aromatic N) is 3. The summed E-state index contributed by atoms with van der Waals surface area (Å²) in [6, 6.07) is 4.62. The van der Waals surface area contributed by atoms with Gasteiger partial charge in [0.1, 0.15) is 0 Å².